The van der Waals surface area contributed by atoms with Crippen LogP contribution in [0.1, 0.15) is 27.2 Å². The van der Waals surface area contributed by atoms with E-state index in [9.17, 15) is 9.59 Å². The molecule has 0 bridgehead atoms. The molecule has 0 saturated carbocycles. The Labute approximate surface area is 114 Å². The van der Waals surface area contributed by atoms with E-state index in [1.807, 2.05) is 0 Å². The monoisotopic (exact) mass is 272 g/mol. The second-order valence-corrected chi connectivity index (χ2v) is 5.23. The predicted molar refractivity (Wildman–Crippen MR) is 73.0 cm³/mol. The quantitative estimate of drug-likeness (QED) is 0.460. The Bertz CT molecular complexity index is 310. The van der Waals surface area contributed by atoms with Crippen molar-refractivity contribution in [2.75, 3.05) is 19.8 Å². The molecule has 0 fully saturated rings. The third-order valence-electron chi connectivity index (χ3n) is 2.39. The number of ether oxygens (including phenoxy) is 1. The fourth-order valence-corrected chi connectivity index (χ4v) is 1.34. The summed E-state index contributed by atoms with van der Waals surface area (Å²) in [4.78, 5) is 22.6. The highest BCUT2D eigenvalue weighted by atomic mass is 16.5. The molecule has 0 saturated heterocycles. The van der Waals surface area contributed by atoms with Crippen LogP contribution in [-0.4, -0.2) is 42.9 Å². The normalized spacial score (nSPS) is 12.6. The Balaban J connectivity index is 3.95. The SMILES string of the molecule is C=CCCOCCNC(=O)N[C@H](C(=O)O)C(C)(C)C. The average molecular weight is 272 g/mol. The molecule has 0 aliphatic heterocycles. The molecule has 19 heavy (non-hydrogen) atoms. The Kier molecular flexibility index (Phi) is 7.83. The molecule has 0 rings (SSSR count). The van der Waals surface area contributed by atoms with E-state index in [1.165, 1.54) is 0 Å². The van der Waals surface area contributed by atoms with E-state index in [0.29, 0.717) is 19.8 Å². The van der Waals surface area contributed by atoms with Gasteiger partial charge in [0, 0.05) is 6.54 Å². The van der Waals surface area contributed by atoms with Crippen molar-refractivity contribution in [3.05, 3.63) is 12.7 Å². The van der Waals surface area contributed by atoms with Crippen LogP contribution < -0.4 is 10.6 Å². The topological polar surface area (TPSA) is 87.7 Å². The van der Waals surface area contributed by atoms with Gasteiger partial charge in [-0.1, -0.05) is 26.8 Å². The van der Waals surface area contributed by atoms with Crippen LogP contribution in [0.2, 0.25) is 0 Å². The summed E-state index contributed by atoms with van der Waals surface area (Å²) in [5, 5.41) is 14.0. The Morgan fingerprint density at radius 2 is 2.00 bits per heavy atom. The number of carboxylic acid groups (broad SMARTS) is 1. The molecule has 2 amide bonds. The molecule has 0 heterocycles. The molecule has 0 radical (unpaired) electrons. The lowest BCUT2D eigenvalue weighted by molar-refractivity contribution is -0.141. The molecule has 0 aromatic carbocycles. The van der Waals surface area contributed by atoms with Crippen molar-refractivity contribution in [2.45, 2.75) is 33.2 Å². The molecule has 0 aromatic heterocycles. The average Bonchev–Trinajstić information content (AvgIpc) is 2.28. The summed E-state index contributed by atoms with van der Waals surface area (Å²) in [6.45, 7) is 10.1. The van der Waals surface area contributed by atoms with E-state index >= 15 is 0 Å². The molecule has 0 spiro atoms. The van der Waals surface area contributed by atoms with Gasteiger partial charge in [-0.25, -0.2) is 9.59 Å². The van der Waals surface area contributed by atoms with Gasteiger partial charge in [0.15, 0.2) is 0 Å². The van der Waals surface area contributed by atoms with E-state index in [0.717, 1.165) is 6.42 Å². The van der Waals surface area contributed by atoms with Crippen LogP contribution >= 0.6 is 0 Å². The number of hydrogen-bond donors (Lipinski definition) is 3. The molecule has 0 unspecified atom stereocenters. The molecule has 110 valence electrons. The van der Waals surface area contributed by atoms with Crippen molar-refractivity contribution in [1.29, 1.82) is 0 Å². The van der Waals surface area contributed by atoms with Crippen molar-refractivity contribution in [1.82, 2.24) is 10.6 Å². The minimum Gasteiger partial charge on any atom is -0.480 e. The van der Waals surface area contributed by atoms with Gasteiger partial charge in [0.2, 0.25) is 0 Å². The Morgan fingerprint density at radius 1 is 1.37 bits per heavy atom. The van der Waals surface area contributed by atoms with Crippen LogP contribution in [0.15, 0.2) is 12.7 Å². The zero-order valence-electron chi connectivity index (χ0n) is 11.9. The van der Waals surface area contributed by atoms with Crippen molar-refractivity contribution in [3.8, 4) is 0 Å². The standard InChI is InChI=1S/C13H24N2O4/c1-5-6-8-19-9-7-14-12(18)15-10(11(16)17)13(2,3)4/h5,10H,1,6-9H2,2-4H3,(H,16,17)(H2,14,15,18)/t10-/m1/s1. The van der Waals surface area contributed by atoms with Crippen molar-refractivity contribution >= 4 is 12.0 Å². The Hall–Kier alpha value is -1.56. The highest BCUT2D eigenvalue weighted by Gasteiger charge is 2.32. The summed E-state index contributed by atoms with van der Waals surface area (Å²) < 4.78 is 5.21. The van der Waals surface area contributed by atoms with E-state index in [-0.39, 0.29) is 0 Å². The highest BCUT2D eigenvalue weighted by molar-refractivity contribution is 5.83. The zero-order valence-corrected chi connectivity index (χ0v) is 11.9. The number of rotatable bonds is 8. The summed E-state index contributed by atoms with van der Waals surface area (Å²) >= 11 is 0. The molecule has 6 heteroatoms. The first kappa shape index (κ1) is 17.4. The molecular weight excluding hydrogens is 248 g/mol. The largest absolute Gasteiger partial charge is 0.480 e. The number of nitrogens with one attached hydrogen (secondary N) is 2. The first-order valence-corrected chi connectivity index (χ1v) is 6.25. The van der Waals surface area contributed by atoms with Gasteiger partial charge < -0.3 is 20.5 Å². The van der Waals surface area contributed by atoms with Crippen LogP contribution in [0.5, 0.6) is 0 Å². The smallest absolute Gasteiger partial charge is 0.326 e. The minimum atomic E-state index is -1.05. The van der Waals surface area contributed by atoms with Crippen molar-refractivity contribution < 1.29 is 19.4 Å². The summed E-state index contributed by atoms with van der Waals surface area (Å²) in [7, 11) is 0. The van der Waals surface area contributed by atoms with Crippen LogP contribution in [0, 0.1) is 5.41 Å². The second-order valence-electron chi connectivity index (χ2n) is 5.23. The number of carbonyl (C=O) groups is 2. The number of carbonyl (C=O) groups excluding carboxylic acids is 1. The van der Waals surface area contributed by atoms with Gasteiger partial charge in [-0.05, 0) is 11.8 Å². The third-order valence-corrected chi connectivity index (χ3v) is 2.39. The van der Waals surface area contributed by atoms with Gasteiger partial charge in [0.25, 0.3) is 0 Å². The molecule has 3 N–H and O–H groups in total. The van der Waals surface area contributed by atoms with Crippen LogP contribution in [-0.2, 0) is 9.53 Å². The van der Waals surface area contributed by atoms with Gasteiger partial charge in [-0.2, -0.15) is 0 Å². The molecule has 0 aliphatic rings. The fraction of sp³-hybridized carbons (Fsp3) is 0.692. The van der Waals surface area contributed by atoms with Gasteiger partial charge in [-0.15, -0.1) is 6.58 Å². The van der Waals surface area contributed by atoms with Crippen LogP contribution in [0.4, 0.5) is 4.79 Å². The van der Waals surface area contributed by atoms with Gasteiger partial charge in [-0.3, -0.25) is 0 Å². The Morgan fingerprint density at radius 3 is 2.47 bits per heavy atom. The lowest BCUT2D eigenvalue weighted by Crippen LogP contribution is -2.52. The van der Waals surface area contributed by atoms with Crippen LogP contribution in [0.25, 0.3) is 0 Å². The third kappa shape index (κ3) is 8.20. The number of amides is 2. The molecular formula is C13H24N2O4. The maximum Gasteiger partial charge on any atom is 0.326 e. The molecule has 6 nitrogen and oxygen atoms in total. The van der Waals surface area contributed by atoms with Crippen LogP contribution in [0.3, 0.4) is 0 Å². The molecule has 1 atom stereocenters. The number of hydrogen-bond acceptors (Lipinski definition) is 3. The van der Waals surface area contributed by atoms with Crippen molar-refractivity contribution in [2.24, 2.45) is 5.41 Å². The zero-order chi connectivity index (χ0) is 14.9. The van der Waals surface area contributed by atoms with E-state index in [4.69, 9.17) is 9.84 Å². The minimum absolute atomic E-state index is 0.333. The van der Waals surface area contributed by atoms with Gasteiger partial charge in [0.1, 0.15) is 6.04 Å². The molecule has 0 aliphatic carbocycles. The van der Waals surface area contributed by atoms with E-state index < -0.39 is 23.5 Å². The molecule has 0 aromatic rings. The maximum absolute atomic E-state index is 11.5. The lowest BCUT2D eigenvalue weighted by Gasteiger charge is -2.27. The van der Waals surface area contributed by atoms with Crippen molar-refractivity contribution in [3.63, 3.8) is 0 Å². The summed E-state index contributed by atoms with van der Waals surface area (Å²) in [5.41, 5.74) is -0.552. The van der Waals surface area contributed by atoms with Gasteiger partial charge >= 0.3 is 12.0 Å². The summed E-state index contributed by atoms with van der Waals surface area (Å²) in [5.74, 6) is -1.05. The number of urea groups is 1. The summed E-state index contributed by atoms with van der Waals surface area (Å²) in [6, 6.07) is -1.44. The highest BCUT2D eigenvalue weighted by Crippen LogP contribution is 2.19. The first-order chi connectivity index (χ1) is 8.79. The van der Waals surface area contributed by atoms with E-state index in [2.05, 4.69) is 17.2 Å². The lowest BCUT2D eigenvalue weighted by atomic mass is 9.87. The second kappa shape index (κ2) is 8.53. The number of carboxylic acids is 1. The van der Waals surface area contributed by atoms with Gasteiger partial charge in [0.05, 0.1) is 13.2 Å². The first-order valence-electron chi connectivity index (χ1n) is 6.25. The fourth-order valence-electron chi connectivity index (χ4n) is 1.34. The predicted octanol–water partition coefficient (Wildman–Crippen LogP) is 1.38. The summed E-state index contributed by atoms with van der Waals surface area (Å²) in [6.07, 6.45) is 2.51. The van der Waals surface area contributed by atoms with E-state index in [1.54, 1.807) is 26.8 Å². The number of aliphatic carboxylic acids is 1. The maximum atomic E-state index is 11.5.